The van der Waals surface area contributed by atoms with E-state index in [0.717, 1.165) is 6.42 Å². The molecule has 0 heterocycles. The van der Waals surface area contributed by atoms with E-state index < -0.39 is 25.4 Å². The molecule has 16 heavy (non-hydrogen) atoms. The van der Waals surface area contributed by atoms with E-state index in [1.54, 1.807) is 0 Å². The van der Waals surface area contributed by atoms with Gasteiger partial charge < -0.3 is 13.6 Å². The van der Waals surface area contributed by atoms with Crippen molar-refractivity contribution in [2.75, 3.05) is 0 Å². The summed E-state index contributed by atoms with van der Waals surface area (Å²) in [5.74, 6) is 0. The first-order valence-electron chi connectivity index (χ1n) is 6.09. The van der Waals surface area contributed by atoms with Crippen molar-refractivity contribution in [1.29, 1.82) is 0 Å². The summed E-state index contributed by atoms with van der Waals surface area (Å²) in [5.41, 5.74) is 0.476. The van der Waals surface area contributed by atoms with Gasteiger partial charge in [-0.15, -0.1) is 0 Å². The summed E-state index contributed by atoms with van der Waals surface area (Å²) in [6, 6.07) is 0. The predicted octanol–water partition coefficient (Wildman–Crippen LogP) is 3.39. The normalized spacial score (nSPS) is 19.3. The zero-order valence-corrected chi connectivity index (χ0v) is 15.2. The Morgan fingerprint density at radius 3 is 1.75 bits per heavy atom. The number of rotatable bonds is 6. The van der Waals surface area contributed by atoms with Crippen LogP contribution in [0, 0.1) is 0 Å². The van der Waals surface area contributed by atoms with Crippen molar-refractivity contribution in [3.05, 3.63) is 0 Å². The number of hydrogen-bond donors (Lipinski definition) is 1. The van der Waals surface area contributed by atoms with Crippen LogP contribution in [0.5, 0.6) is 0 Å². The Morgan fingerprint density at radius 2 is 1.44 bits per heavy atom. The Kier molecular flexibility index (Phi) is 5.63. The summed E-state index contributed by atoms with van der Waals surface area (Å²) in [4.78, 5) is 0. The standard InChI is InChI=1S/C10H29NO2Si3/c1-9-10(2)16(8,11)13-15(6,7)12-14(3,4)5/h10H,9,11H2,1-8H3. The topological polar surface area (TPSA) is 44.5 Å². The van der Waals surface area contributed by atoms with Crippen LogP contribution in [-0.2, 0) is 8.23 Å². The van der Waals surface area contributed by atoms with Crippen LogP contribution in [0.4, 0.5) is 0 Å². The average Bonchev–Trinajstić information content (AvgIpc) is 1.95. The molecule has 0 aliphatic heterocycles. The molecule has 0 aliphatic rings. The molecule has 2 N–H and O–H groups in total. The van der Waals surface area contributed by atoms with Gasteiger partial charge in [-0.2, -0.15) is 0 Å². The van der Waals surface area contributed by atoms with Crippen LogP contribution in [0.2, 0.25) is 44.8 Å². The Balaban J connectivity index is 4.57. The van der Waals surface area contributed by atoms with Crippen LogP contribution in [0.15, 0.2) is 0 Å². The minimum atomic E-state index is -2.08. The molecule has 0 saturated heterocycles. The molecule has 0 aromatic heterocycles. The summed E-state index contributed by atoms with van der Waals surface area (Å²) in [7, 11) is -5.67. The minimum Gasteiger partial charge on any atom is -0.437 e. The van der Waals surface area contributed by atoms with E-state index in [9.17, 15) is 0 Å². The van der Waals surface area contributed by atoms with E-state index in [1.807, 2.05) is 0 Å². The van der Waals surface area contributed by atoms with Crippen LogP contribution < -0.4 is 5.40 Å². The van der Waals surface area contributed by atoms with Gasteiger partial charge in [0, 0.05) is 0 Å². The van der Waals surface area contributed by atoms with Crippen LogP contribution in [0.3, 0.4) is 0 Å². The number of nitrogens with two attached hydrogens (primary N) is 1. The van der Waals surface area contributed by atoms with E-state index in [4.69, 9.17) is 13.6 Å². The molecular weight excluding hydrogens is 250 g/mol. The zero-order chi connectivity index (χ0) is 13.2. The summed E-state index contributed by atoms with van der Waals surface area (Å²) >= 11 is 0. The fourth-order valence-corrected chi connectivity index (χ4v) is 14.1. The third-order valence-electron chi connectivity index (χ3n) is 2.61. The zero-order valence-electron chi connectivity index (χ0n) is 12.2. The monoisotopic (exact) mass is 279 g/mol. The Morgan fingerprint density at radius 1 is 1.00 bits per heavy atom. The van der Waals surface area contributed by atoms with Crippen LogP contribution in [0.25, 0.3) is 0 Å². The molecule has 0 aliphatic carbocycles. The van der Waals surface area contributed by atoms with Gasteiger partial charge in [0.15, 0.2) is 8.32 Å². The van der Waals surface area contributed by atoms with Gasteiger partial charge in [-0.25, -0.2) is 0 Å². The minimum absolute atomic E-state index is 0.476. The van der Waals surface area contributed by atoms with Crippen molar-refractivity contribution in [1.82, 2.24) is 0 Å². The molecule has 0 aromatic rings. The molecule has 2 atom stereocenters. The highest BCUT2D eigenvalue weighted by Gasteiger charge is 2.41. The highest BCUT2D eigenvalue weighted by molar-refractivity contribution is 6.87. The molecule has 2 unspecified atom stereocenters. The van der Waals surface area contributed by atoms with Gasteiger partial charge >= 0.3 is 8.56 Å². The van der Waals surface area contributed by atoms with Gasteiger partial charge in [0.1, 0.15) is 0 Å². The van der Waals surface area contributed by atoms with Crippen molar-refractivity contribution in [3.8, 4) is 0 Å². The molecule has 98 valence electrons. The van der Waals surface area contributed by atoms with Crippen molar-refractivity contribution >= 4 is 25.4 Å². The maximum Gasteiger partial charge on any atom is 0.312 e. The molecule has 0 fully saturated rings. The summed E-state index contributed by atoms with van der Waals surface area (Å²) in [6.07, 6.45) is 1.08. The lowest BCUT2D eigenvalue weighted by molar-refractivity contribution is 0.382. The van der Waals surface area contributed by atoms with E-state index in [0.29, 0.717) is 5.54 Å². The average molecular weight is 280 g/mol. The summed E-state index contributed by atoms with van der Waals surface area (Å²) < 4.78 is 12.4. The van der Waals surface area contributed by atoms with Gasteiger partial charge in [0.25, 0.3) is 8.48 Å². The molecule has 0 bridgehead atoms. The predicted molar refractivity (Wildman–Crippen MR) is 78.5 cm³/mol. The van der Waals surface area contributed by atoms with Gasteiger partial charge in [-0.05, 0) is 44.8 Å². The lowest BCUT2D eigenvalue weighted by Crippen LogP contribution is -2.59. The Hall–Kier alpha value is 0.531. The maximum absolute atomic E-state index is 6.36. The summed E-state index contributed by atoms with van der Waals surface area (Å²) in [5, 5.41) is 6.36. The largest absolute Gasteiger partial charge is 0.437 e. The number of hydrogen-bond acceptors (Lipinski definition) is 3. The van der Waals surface area contributed by atoms with Crippen molar-refractivity contribution in [2.24, 2.45) is 5.40 Å². The first-order valence-corrected chi connectivity index (χ1v) is 14.9. The first-order chi connectivity index (χ1) is 6.90. The highest BCUT2D eigenvalue weighted by Crippen LogP contribution is 2.26. The smallest absolute Gasteiger partial charge is 0.312 e. The molecule has 0 aromatic carbocycles. The molecule has 0 spiro atoms. The molecular formula is C10H29NO2Si3. The van der Waals surface area contributed by atoms with Gasteiger partial charge in [-0.3, -0.25) is 0 Å². The van der Waals surface area contributed by atoms with Crippen molar-refractivity contribution in [2.45, 2.75) is 65.1 Å². The second-order valence-electron chi connectivity index (χ2n) is 6.21. The van der Waals surface area contributed by atoms with Crippen LogP contribution >= 0.6 is 0 Å². The van der Waals surface area contributed by atoms with E-state index in [1.165, 1.54) is 0 Å². The third-order valence-corrected chi connectivity index (χ3v) is 13.1. The second kappa shape index (κ2) is 5.45. The highest BCUT2D eigenvalue weighted by atomic mass is 28.5. The fourth-order valence-electron chi connectivity index (χ4n) is 1.79. The van der Waals surface area contributed by atoms with Crippen molar-refractivity contribution < 1.29 is 8.23 Å². The molecule has 0 saturated carbocycles. The SMILES string of the molecule is CCC(C)[Si](C)(N)O[Si](C)(C)O[Si](C)(C)C. The van der Waals surface area contributed by atoms with E-state index in [-0.39, 0.29) is 0 Å². The Bertz CT molecular complexity index is 227. The van der Waals surface area contributed by atoms with Gasteiger partial charge in [0.05, 0.1) is 0 Å². The second-order valence-corrected chi connectivity index (χ2v) is 18.2. The maximum atomic E-state index is 6.36. The molecule has 0 rings (SSSR count). The molecule has 0 amide bonds. The lowest BCUT2D eigenvalue weighted by Gasteiger charge is -2.39. The van der Waals surface area contributed by atoms with Gasteiger partial charge in [-0.1, -0.05) is 20.3 Å². The molecule has 3 nitrogen and oxygen atoms in total. The fraction of sp³-hybridized carbons (Fsp3) is 1.00. The quantitative estimate of drug-likeness (QED) is 0.758. The van der Waals surface area contributed by atoms with Crippen LogP contribution in [0.1, 0.15) is 20.3 Å². The van der Waals surface area contributed by atoms with Crippen molar-refractivity contribution in [3.63, 3.8) is 0 Å². The first kappa shape index (κ1) is 16.5. The molecule has 0 radical (unpaired) electrons. The lowest BCUT2D eigenvalue weighted by atomic mass is 10.4. The van der Waals surface area contributed by atoms with Crippen LogP contribution in [-0.4, -0.2) is 25.4 Å². The van der Waals surface area contributed by atoms with Gasteiger partial charge in [0.2, 0.25) is 0 Å². The van der Waals surface area contributed by atoms with E-state index >= 15 is 0 Å². The third kappa shape index (κ3) is 6.31. The van der Waals surface area contributed by atoms with E-state index in [2.05, 4.69) is 53.1 Å². The molecule has 6 heteroatoms. The Labute approximate surface area is 104 Å². The summed E-state index contributed by atoms with van der Waals surface area (Å²) in [6.45, 7) is 17.3.